The SMILES string of the molecule is Cc1cc(OC/C=C(/c2ccc(C#CCn3cccn3)cc2)c2ccc([S+](C)[O-])cc2)ccc1OCC(=O)O. The molecule has 0 aliphatic carbocycles. The molecule has 0 aliphatic rings. The van der Waals surface area contributed by atoms with E-state index in [4.69, 9.17) is 14.6 Å². The van der Waals surface area contributed by atoms with Crippen molar-refractivity contribution in [3.8, 4) is 23.3 Å². The average molecular weight is 541 g/mol. The summed E-state index contributed by atoms with van der Waals surface area (Å²) in [7, 11) is 0. The summed E-state index contributed by atoms with van der Waals surface area (Å²) in [6.07, 6.45) is 7.26. The zero-order chi connectivity index (χ0) is 27.6. The Hall–Kier alpha value is -4.45. The predicted octanol–water partition coefficient (Wildman–Crippen LogP) is 4.95. The number of rotatable bonds is 10. The number of hydrogen-bond acceptors (Lipinski definition) is 5. The molecule has 0 amide bonds. The molecular formula is C31H28N2O5S. The highest BCUT2D eigenvalue weighted by molar-refractivity contribution is 7.90. The number of aromatic nitrogens is 2. The van der Waals surface area contributed by atoms with Gasteiger partial charge in [0.2, 0.25) is 0 Å². The van der Waals surface area contributed by atoms with Crippen LogP contribution in [0, 0.1) is 18.8 Å². The molecule has 0 spiro atoms. The summed E-state index contributed by atoms with van der Waals surface area (Å²) in [5, 5.41) is 13.0. The number of carboxylic acids is 1. The minimum Gasteiger partial charge on any atom is -0.612 e. The lowest BCUT2D eigenvalue weighted by Crippen LogP contribution is -2.10. The quantitative estimate of drug-likeness (QED) is 0.226. The molecule has 39 heavy (non-hydrogen) atoms. The van der Waals surface area contributed by atoms with E-state index in [-0.39, 0.29) is 0 Å². The molecule has 1 heterocycles. The van der Waals surface area contributed by atoms with E-state index in [1.165, 1.54) is 0 Å². The van der Waals surface area contributed by atoms with E-state index in [0.29, 0.717) is 24.7 Å². The molecule has 0 saturated heterocycles. The molecule has 8 heteroatoms. The van der Waals surface area contributed by atoms with E-state index in [2.05, 4.69) is 16.9 Å². The molecule has 0 bridgehead atoms. The van der Waals surface area contributed by atoms with Gasteiger partial charge in [-0.2, -0.15) is 5.10 Å². The Balaban J connectivity index is 1.52. The molecule has 198 valence electrons. The van der Waals surface area contributed by atoms with Gasteiger partial charge in [0.15, 0.2) is 11.5 Å². The van der Waals surface area contributed by atoms with Crippen LogP contribution in [-0.2, 0) is 22.5 Å². The Morgan fingerprint density at radius 2 is 1.79 bits per heavy atom. The average Bonchev–Trinajstić information content (AvgIpc) is 3.45. The third kappa shape index (κ3) is 8.01. The van der Waals surface area contributed by atoms with Crippen molar-refractivity contribution < 1.29 is 23.9 Å². The first-order chi connectivity index (χ1) is 18.9. The van der Waals surface area contributed by atoms with Gasteiger partial charge >= 0.3 is 5.97 Å². The van der Waals surface area contributed by atoms with E-state index >= 15 is 0 Å². The van der Waals surface area contributed by atoms with Gasteiger partial charge in [-0.25, -0.2) is 4.79 Å². The van der Waals surface area contributed by atoms with E-state index < -0.39 is 23.8 Å². The lowest BCUT2D eigenvalue weighted by molar-refractivity contribution is -0.139. The van der Waals surface area contributed by atoms with Gasteiger partial charge in [-0.05, 0) is 107 Å². The maximum atomic E-state index is 11.9. The minimum atomic E-state index is -1.06. The zero-order valence-corrected chi connectivity index (χ0v) is 22.5. The number of ether oxygens (including phenoxy) is 2. The van der Waals surface area contributed by atoms with Crippen molar-refractivity contribution in [1.29, 1.82) is 0 Å². The number of nitrogens with zero attached hydrogens (tertiary/aromatic N) is 2. The number of carbonyl (C=O) groups is 1. The number of hydrogen-bond donors (Lipinski definition) is 1. The fourth-order valence-electron chi connectivity index (χ4n) is 3.81. The molecule has 0 radical (unpaired) electrons. The van der Waals surface area contributed by atoms with Gasteiger partial charge in [0, 0.05) is 18.0 Å². The van der Waals surface area contributed by atoms with Gasteiger partial charge in [-0.1, -0.05) is 24.0 Å². The van der Waals surface area contributed by atoms with Gasteiger partial charge in [-0.3, -0.25) is 4.68 Å². The summed E-state index contributed by atoms with van der Waals surface area (Å²) in [4.78, 5) is 11.5. The smallest absolute Gasteiger partial charge is 0.341 e. The van der Waals surface area contributed by atoms with Gasteiger partial charge in [-0.15, -0.1) is 0 Å². The Morgan fingerprint density at radius 3 is 2.41 bits per heavy atom. The summed E-state index contributed by atoms with van der Waals surface area (Å²) < 4.78 is 24.9. The first kappa shape index (κ1) is 27.6. The second kappa shape index (κ2) is 13.4. The number of aliphatic carboxylic acids is 1. The summed E-state index contributed by atoms with van der Waals surface area (Å²) in [5.41, 5.74) is 4.62. The molecule has 1 unspecified atom stereocenters. The number of carboxylic acid groups (broad SMARTS) is 1. The molecule has 0 fully saturated rings. The Kier molecular flexibility index (Phi) is 9.46. The van der Waals surface area contributed by atoms with Crippen LogP contribution in [0.5, 0.6) is 11.5 Å². The summed E-state index contributed by atoms with van der Waals surface area (Å²) >= 11 is -1.06. The van der Waals surface area contributed by atoms with Gasteiger partial charge in [0.05, 0.1) is 0 Å². The van der Waals surface area contributed by atoms with Gasteiger partial charge in [0.1, 0.15) is 30.9 Å². The van der Waals surface area contributed by atoms with Crippen LogP contribution in [0.2, 0.25) is 0 Å². The Bertz CT molecular complexity index is 1480. The highest BCUT2D eigenvalue weighted by Gasteiger charge is 2.10. The van der Waals surface area contributed by atoms with E-state index in [9.17, 15) is 9.35 Å². The number of aryl methyl sites for hydroxylation is 1. The second-order valence-corrected chi connectivity index (χ2v) is 9.98. The predicted molar refractivity (Wildman–Crippen MR) is 151 cm³/mol. The van der Waals surface area contributed by atoms with Crippen molar-refractivity contribution in [3.05, 3.63) is 114 Å². The van der Waals surface area contributed by atoms with Crippen LogP contribution in [0.4, 0.5) is 0 Å². The molecule has 0 aliphatic heterocycles. The lowest BCUT2D eigenvalue weighted by atomic mass is 9.97. The monoisotopic (exact) mass is 540 g/mol. The maximum absolute atomic E-state index is 11.9. The molecule has 7 nitrogen and oxygen atoms in total. The van der Waals surface area contributed by atoms with Crippen LogP contribution in [0.25, 0.3) is 5.57 Å². The second-order valence-electron chi connectivity index (χ2n) is 8.60. The van der Waals surface area contributed by atoms with Crippen LogP contribution < -0.4 is 9.47 Å². The van der Waals surface area contributed by atoms with E-state index in [1.807, 2.05) is 79.9 Å². The minimum absolute atomic E-state index is 0.303. The molecule has 1 atom stereocenters. The van der Waals surface area contributed by atoms with Crippen molar-refractivity contribution in [2.24, 2.45) is 0 Å². The van der Waals surface area contributed by atoms with E-state index in [0.717, 1.165) is 32.7 Å². The molecule has 3 aromatic carbocycles. The van der Waals surface area contributed by atoms with Crippen molar-refractivity contribution >= 4 is 22.7 Å². The topological polar surface area (TPSA) is 96.6 Å². The molecular weight excluding hydrogens is 512 g/mol. The summed E-state index contributed by atoms with van der Waals surface area (Å²) in [5.74, 6) is 6.41. The fraction of sp³-hybridized carbons (Fsp3) is 0.161. The zero-order valence-electron chi connectivity index (χ0n) is 21.7. The van der Waals surface area contributed by atoms with Crippen LogP contribution in [0.15, 0.2) is 96.2 Å². The molecule has 4 rings (SSSR count). The highest BCUT2D eigenvalue weighted by atomic mass is 32.2. The fourth-order valence-corrected chi connectivity index (χ4v) is 4.33. The first-order valence-electron chi connectivity index (χ1n) is 12.2. The van der Waals surface area contributed by atoms with Crippen LogP contribution >= 0.6 is 0 Å². The van der Waals surface area contributed by atoms with E-state index in [1.54, 1.807) is 29.3 Å². The highest BCUT2D eigenvalue weighted by Crippen LogP contribution is 2.27. The summed E-state index contributed by atoms with van der Waals surface area (Å²) in [6.45, 7) is 2.27. The Morgan fingerprint density at radius 1 is 1.08 bits per heavy atom. The van der Waals surface area contributed by atoms with Crippen molar-refractivity contribution in [2.45, 2.75) is 18.4 Å². The van der Waals surface area contributed by atoms with Crippen molar-refractivity contribution in [3.63, 3.8) is 0 Å². The standard InChI is InChI=1S/C31H28N2O5S/c1-23-21-27(12-15-30(23)38-22-31(34)35)37-20-16-29(26-10-13-28(14-11-26)39(2)36)25-8-6-24(7-9-25)5-3-18-33-19-4-17-32-33/h4,6-17,19,21H,18,20,22H2,1-2H3,(H,34,35)/b29-16-. The largest absolute Gasteiger partial charge is 0.612 e. The third-order valence-electron chi connectivity index (χ3n) is 5.76. The van der Waals surface area contributed by atoms with Crippen LogP contribution in [0.3, 0.4) is 0 Å². The van der Waals surface area contributed by atoms with Crippen molar-refractivity contribution in [1.82, 2.24) is 9.78 Å². The molecule has 0 saturated carbocycles. The third-order valence-corrected chi connectivity index (χ3v) is 6.70. The maximum Gasteiger partial charge on any atom is 0.341 e. The van der Waals surface area contributed by atoms with Crippen LogP contribution in [-0.4, -0.2) is 44.9 Å². The number of benzene rings is 3. The lowest BCUT2D eigenvalue weighted by Gasteiger charge is -2.12. The first-order valence-corrected chi connectivity index (χ1v) is 13.7. The molecule has 1 aromatic heterocycles. The van der Waals surface area contributed by atoms with Gasteiger partial charge in [0.25, 0.3) is 0 Å². The van der Waals surface area contributed by atoms with Gasteiger partial charge < -0.3 is 19.1 Å². The van der Waals surface area contributed by atoms with Crippen molar-refractivity contribution in [2.75, 3.05) is 19.5 Å². The normalized spacial score (nSPS) is 11.8. The molecule has 4 aromatic rings. The van der Waals surface area contributed by atoms with Crippen LogP contribution in [0.1, 0.15) is 22.3 Å². The Labute approximate surface area is 230 Å². The summed E-state index contributed by atoms with van der Waals surface area (Å²) in [6, 6.07) is 22.8. The molecule has 1 N–H and O–H groups in total.